The Labute approximate surface area is 110 Å². The Morgan fingerprint density at radius 1 is 1.41 bits per heavy atom. The van der Waals surface area contributed by atoms with E-state index >= 15 is 0 Å². The molecular weight excluding hydrogens is 259 g/mol. The van der Waals surface area contributed by atoms with Crippen molar-refractivity contribution in [2.24, 2.45) is 0 Å². The van der Waals surface area contributed by atoms with Crippen molar-refractivity contribution in [1.82, 2.24) is 10.6 Å². The van der Waals surface area contributed by atoms with E-state index in [2.05, 4.69) is 10.6 Å². The normalized spacial score (nSPS) is 22.0. The number of rotatable bonds is 3. The van der Waals surface area contributed by atoms with Crippen molar-refractivity contribution < 1.29 is 4.79 Å². The number of alkyl halides is 2. The van der Waals surface area contributed by atoms with Crippen molar-refractivity contribution in [3.63, 3.8) is 0 Å². The standard InChI is InChI=1S/C12H14Cl2N2O/c13-5-6-15-12(17)16-11-9-4-2-1-3-8(9)7-10(11)14/h1-4,10-11H,5-7H2,(H2,15,16,17). The SMILES string of the molecule is O=C(NCCCl)NC1c2ccccc2CC1Cl. The van der Waals surface area contributed by atoms with E-state index in [9.17, 15) is 4.79 Å². The van der Waals surface area contributed by atoms with Gasteiger partial charge in [-0.25, -0.2) is 4.79 Å². The first-order valence-corrected chi connectivity index (χ1v) is 6.51. The molecule has 2 atom stereocenters. The predicted octanol–water partition coefficient (Wildman–Crippen LogP) is 2.43. The minimum absolute atomic E-state index is 0.0887. The van der Waals surface area contributed by atoms with Gasteiger partial charge in [-0.3, -0.25) is 0 Å². The minimum Gasteiger partial charge on any atom is -0.337 e. The van der Waals surface area contributed by atoms with Gasteiger partial charge in [0.25, 0.3) is 0 Å². The number of nitrogens with one attached hydrogen (secondary N) is 2. The highest BCUT2D eigenvalue weighted by Crippen LogP contribution is 2.34. The van der Waals surface area contributed by atoms with Gasteiger partial charge in [0.2, 0.25) is 0 Å². The molecule has 3 nitrogen and oxygen atoms in total. The van der Waals surface area contributed by atoms with Crippen LogP contribution in [0.25, 0.3) is 0 Å². The molecule has 2 unspecified atom stereocenters. The fraction of sp³-hybridized carbons (Fsp3) is 0.417. The molecule has 0 radical (unpaired) electrons. The van der Waals surface area contributed by atoms with Crippen LogP contribution < -0.4 is 10.6 Å². The number of amides is 2. The average Bonchev–Trinajstić information content (AvgIpc) is 2.64. The van der Waals surface area contributed by atoms with Gasteiger partial charge in [-0.1, -0.05) is 24.3 Å². The molecule has 5 heteroatoms. The Morgan fingerprint density at radius 3 is 2.94 bits per heavy atom. The first kappa shape index (κ1) is 12.5. The van der Waals surface area contributed by atoms with Gasteiger partial charge in [0.05, 0.1) is 11.4 Å². The third-order valence-corrected chi connectivity index (χ3v) is 3.43. The lowest BCUT2D eigenvalue weighted by molar-refractivity contribution is 0.238. The summed E-state index contributed by atoms with van der Waals surface area (Å²) in [6.45, 7) is 0.453. The lowest BCUT2D eigenvalue weighted by Crippen LogP contribution is -2.40. The highest BCUT2D eigenvalue weighted by atomic mass is 35.5. The van der Waals surface area contributed by atoms with Crippen LogP contribution >= 0.6 is 23.2 Å². The van der Waals surface area contributed by atoms with Crippen LogP contribution in [0.3, 0.4) is 0 Å². The maximum atomic E-state index is 11.6. The second-order valence-electron chi connectivity index (χ2n) is 3.99. The Morgan fingerprint density at radius 2 is 2.18 bits per heavy atom. The van der Waals surface area contributed by atoms with E-state index in [4.69, 9.17) is 23.2 Å². The quantitative estimate of drug-likeness (QED) is 0.816. The summed E-state index contributed by atoms with van der Waals surface area (Å²) >= 11 is 11.8. The molecule has 0 aliphatic heterocycles. The van der Waals surface area contributed by atoms with E-state index in [0.29, 0.717) is 12.4 Å². The van der Waals surface area contributed by atoms with Gasteiger partial charge in [0.1, 0.15) is 0 Å². The van der Waals surface area contributed by atoms with Gasteiger partial charge < -0.3 is 10.6 Å². The zero-order chi connectivity index (χ0) is 12.3. The summed E-state index contributed by atoms with van der Waals surface area (Å²) in [5.41, 5.74) is 2.31. The summed E-state index contributed by atoms with van der Waals surface area (Å²) in [7, 11) is 0. The molecule has 1 aliphatic carbocycles. The van der Waals surface area contributed by atoms with E-state index in [1.165, 1.54) is 5.56 Å². The summed E-state index contributed by atoms with van der Waals surface area (Å²) < 4.78 is 0. The predicted molar refractivity (Wildman–Crippen MR) is 69.8 cm³/mol. The van der Waals surface area contributed by atoms with Gasteiger partial charge >= 0.3 is 6.03 Å². The zero-order valence-electron chi connectivity index (χ0n) is 9.25. The summed E-state index contributed by atoms with van der Waals surface area (Å²) in [6, 6.07) is 7.64. The van der Waals surface area contributed by atoms with Crippen LogP contribution in [0.5, 0.6) is 0 Å². The van der Waals surface area contributed by atoms with E-state index in [0.717, 1.165) is 12.0 Å². The number of hydrogen-bond donors (Lipinski definition) is 2. The molecule has 0 saturated carbocycles. The number of urea groups is 1. The highest BCUT2D eigenvalue weighted by Gasteiger charge is 2.31. The van der Waals surface area contributed by atoms with Crippen LogP contribution in [0.15, 0.2) is 24.3 Å². The molecule has 2 N–H and O–H groups in total. The van der Waals surface area contributed by atoms with Crippen molar-refractivity contribution in [2.75, 3.05) is 12.4 Å². The highest BCUT2D eigenvalue weighted by molar-refractivity contribution is 6.21. The molecule has 0 saturated heterocycles. The van der Waals surface area contributed by atoms with Crippen LogP contribution in [-0.2, 0) is 6.42 Å². The fourth-order valence-electron chi connectivity index (χ4n) is 2.07. The van der Waals surface area contributed by atoms with Gasteiger partial charge in [-0.05, 0) is 17.5 Å². The van der Waals surface area contributed by atoms with Crippen molar-refractivity contribution in [2.45, 2.75) is 17.8 Å². The summed E-state index contributed by atoms with van der Waals surface area (Å²) in [4.78, 5) is 11.6. The Kier molecular flexibility index (Phi) is 4.13. The Balaban J connectivity index is 2.04. The van der Waals surface area contributed by atoms with E-state index in [1.807, 2.05) is 24.3 Å². The van der Waals surface area contributed by atoms with Crippen molar-refractivity contribution >= 4 is 29.2 Å². The molecule has 92 valence electrons. The van der Waals surface area contributed by atoms with Crippen LogP contribution in [0.4, 0.5) is 4.79 Å². The van der Waals surface area contributed by atoms with Crippen molar-refractivity contribution in [3.8, 4) is 0 Å². The number of hydrogen-bond acceptors (Lipinski definition) is 1. The Bertz CT molecular complexity index is 411. The molecule has 1 aromatic carbocycles. The van der Waals surface area contributed by atoms with Gasteiger partial charge in [0.15, 0.2) is 0 Å². The smallest absolute Gasteiger partial charge is 0.315 e. The number of benzene rings is 1. The number of halogens is 2. The number of carbonyl (C=O) groups excluding carboxylic acids is 1. The first-order chi connectivity index (χ1) is 8.22. The van der Waals surface area contributed by atoms with Crippen LogP contribution in [0.1, 0.15) is 17.2 Å². The third-order valence-electron chi connectivity index (χ3n) is 2.83. The molecule has 0 heterocycles. The molecular formula is C12H14Cl2N2O. The van der Waals surface area contributed by atoms with Crippen molar-refractivity contribution in [1.29, 1.82) is 0 Å². The summed E-state index contributed by atoms with van der Waals surface area (Å²) in [6.07, 6.45) is 0.790. The molecule has 0 bridgehead atoms. The summed E-state index contributed by atoms with van der Waals surface area (Å²) in [5.74, 6) is 0.402. The van der Waals surface area contributed by atoms with Crippen LogP contribution in [-0.4, -0.2) is 23.8 Å². The number of carbonyl (C=O) groups is 1. The maximum Gasteiger partial charge on any atom is 0.315 e. The van der Waals surface area contributed by atoms with E-state index < -0.39 is 0 Å². The number of fused-ring (bicyclic) bond motifs is 1. The fourth-order valence-corrected chi connectivity index (χ4v) is 2.53. The molecule has 1 aliphatic rings. The zero-order valence-corrected chi connectivity index (χ0v) is 10.8. The average molecular weight is 273 g/mol. The Hall–Kier alpha value is -0.930. The van der Waals surface area contributed by atoms with Crippen LogP contribution in [0.2, 0.25) is 0 Å². The molecule has 0 aromatic heterocycles. The lowest BCUT2D eigenvalue weighted by Gasteiger charge is -2.17. The first-order valence-electron chi connectivity index (χ1n) is 5.54. The maximum absolute atomic E-state index is 11.6. The molecule has 17 heavy (non-hydrogen) atoms. The van der Waals surface area contributed by atoms with Crippen molar-refractivity contribution in [3.05, 3.63) is 35.4 Å². The molecule has 2 rings (SSSR count). The van der Waals surface area contributed by atoms with Gasteiger partial charge in [0, 0.05) is 12.4 Å². The second kappa shape index (κ2) is 5.61. The molecule has 0 fully saturated rings. The minimum atomic E-state index is -0.224. The largest absolute Gasteiger partial charge is 0.337 e. The second-order valence-corrected chi connectivity index (χ2v) is 4.92. The van der Waals surface area contributed by atoms with E-state index in [1.54, 1.807) is 0 Å². The monoisotopic (exact) mass is 272 g/mol. The van der Waals surface area contributed by atoms with Gasteiger partial charge in [-0.2, -0.15) is 0 Å². The lowest BCUT2D eigenvalue weighted by atomic mass is 10.1. The molecule has 2 amide bonds. The topological polar surface area (TPSA) is 41.1 Å². The molecule has 0 spiro atoms. The molecule has 1 aromatic rings. The van der Waals surface area contributed by atoms with Gasteiger partial charge in [-0.15, -0.1) is 23.2 Å². The third kappa shape index (κ3) is 2.85. The van der Waals surface area contributed by atoms with Crippen LogP contribution in [0, 0.1) is 0 Å². The van der Waals surface area contributed by atoms with E-state index in [-0.39, 0.29) is 17.5 Å². The summed E-state index contributed by atoms with van der Waals surface area (Å²) in [5, 5.41) is 5.46.